The molecule has 7 heteroatoms. The standard InChI is InChI=1S/C22H24FN3O2S/c23-17-7-5-16(6-8-17)13-25-11-9-18(10-12-25)24-21(27)14-26-19-3-1-2-4-20(19)29-15-22(26)28/h1-8,18H,9-15H2,(H,24,27). The van der Waals surface area contributed by atoms with Crippen LogP contribution in [0.5, 0.6) is 0 Å². The molecule has 1 fully saturated rings. The molecule has 2 heterocycles. The molecule has 0 aliphatic carbocycles. The zero-order valence-electron chi connectivity index (χ0n) is 16.1. The Hall–Kier alpha value is -2.38. The summed E-state index contributed by atoms with van der Waals surface area (Å²) in [6.07, 6.45) is 1.74. The number of fused-ring (bicyclic) bond motifs is 1. The summed E-state index contributed by atoms with van der Waals surface area (Å²) in [4.78, 5) is 29.8. The molecule has 4 rings (SSSR count). The Morgan fingerprint density at radius 3 is 2.59 bits per heavy atom. The largest absolute Gasteiger partial charge is 0.352 e. The third-order valence-corrected chi connectivity index (χ3v) is 6.43. The van der Waals surface area contributed by atoms with Crippen LogP contribution in [0, 0.1) is 5.82 Å². The van der Waals surface area contributed by atoms with Crippen LogP contribution < -0.4 is 10.2 Å². The molecule has 2 amide bonds. The van der Waals surface area contributed by atoms with Crippen molar-refractivity contribution in [2.24, 2.45) is 0 Å². The van der Waals surface area contributed by atoms with E-state index in [-0.39, 0.29) is 30.2 Å². The van der Waals surface area contributed by atoms with Crippen LogP contribution in [0.15, 0.2) is 53.4 Å². The molecule has 0 spiro atoms. The van der Waals surface area contributed by atoms with Crippen LogP contribution in [0.4, 0.5) is 10.1 Å². The Kier molecular flexibility index (Phi) is 6.16. The van der Waals surface area contributed by atoms with Crippen molar-refractivity contribution >= 4 is 29.3 Å². The highest BCUT2D eigenvalue weighted by Gasteiger charge is 2.27. The van der Waals surface area contributed by atoms with Gasteiger partial charge in [-0.3, -0.25) is 14.5 Å². The van der Waals surface area contributed by atoms with E-state index in [1.54, 1.807) is 4.90 Å². The maximum atomic E-state index is 13.0. The van der Waals surface area contributed by atoms with Crippen LogP contribution in [0.25, 0.3) is 0 Å². The number of nitrogens with one attached hydrogen (secondary N) is 1. The molecular weight excluding hydrogens is 389 g/mol. The van der Waals surface area contributed by atoms with Gasteiger partial charge in [0.05, 0.1) is 11.4 Å². The van der Waals surface area contributed by atoms with E-state index in [0.29, 0.717) is 5.75 Å². The summed E-state index contributed by atoms with van der Waals surface area (Å²) in [7, 11) is 0. The van der Waals surface area contributed by atoms with Gasteiger partial charge >= 0.3 is 0 Å². The van der Waals surface area contributed by atoms with Crippen molar-refractivity contribution < 1.29 is 14.0 Å². The molecule has 2 aliphatic rings. The van der Waals surface area contributed by atoms with Crippen LogP contribution in [0.3, 0.4) is 0 Å². The fourth-order valence-electron chi connectivity index (χ4n) is 3.83. The van der Waals surface area contributed by atoms with Gasteiger partial charge < -0.3 is 10.2 Å². The number of thioether (sulfide) groups is 1. The van der Waals surface area contributed by atoms with Crippen LogP contribution >= 0.6 is 11.8 Å². The van der Waals surface area contributed by atoms with Crippen molar-refractivity contribution in [2.45, 2.75) is 30.3 Å². The molecule has 1 N–H and O–H groups in total. The van der Waals surface area contributed by atoms with Crippen molar-refractivity contribution in [1.29, 1.82) is 0 Å². The lowest BCUT2D eigenvalue weighted by Crippen LogP contribution is -2.49. The van der Waals surface area contributed by atoms with Crippen molar-refractivity contribution in [1.82, 2.24) is 10.2 Å². The van der Waals surface area contributed by atoms with Gasteiger partial charge in [0, 0.05) is 30.6 Å². The topological polar surface area (TPSA) is 52.7 Å². The fraction of sp³-hybridized carbons (Fsp3) is 0.364. The molecule has 0 aromatic heterocycles. The lowest BCUT2D eigenvalue weighted by atomic mass is 10.0. The van der Waals surface area contributed by atoms with Gasteiger partial charge in [-0.1, -0.05) is 24.3 Å². The summed E-state index contributed by atoms with van der Waals surface area (Å²) in [6, 6.07) is 14.4. The van der Waals surface area contributed by atoms with Gasteiger partial charge in [0.25, 0.3) is 0 Å². The molecule has 152 valence electrons. The van der Waals surface area contributed by atoms with Gasteiger partial charge in [0.1, 0.15) is 12.4 Å². The normalized spacial score (nSPS) is 17.8. The predicted octanol–water partition coefficient (Wildman–Crippen LogP) is 3.05. The first-order valence-corrected chi connectivity index (χ1v) is 10.9. The minimum Gasteiger partial charge on any atom is -0.352 e. The highest BCUT2D eigenvalue weighted by atomic mass is 32.2. The van der Waals surface area contributed by atoms with Gasteiger partial charge in [0.15, 0.2) is 0 Å². The molecule has 2 aliphatic heterocycles. The third-order valence-electron chi connectivity index (χ3n) is 5.38. The lowest BCUT2D eigenvalue weighted by molar-refractivity contribution is -0.123. The molecule has 0 unspecified atom stereocenters. The first-order valence-electron chi connectivity index (χ1n) is 9.87. The van der Waals surface area contributed by atoms with E-state index in [0.717, 1.165) is 48.6 Å². The minimum atomic E-state index is -0.219. The second kappa shape index (κ2) is 8.97. The number of benzene rings is 2. The number of hydrogen-bond donors (Lipinski definition) is 1. The molecule has 0 radical (unpaired) electrons. The summed E-state index contributed by atoms with van der Waals surface area (Å²) in [5.41, 5.74) is 1.91. The van der Waals surface area contributed by atoms with Crippen molar-refractivity contribution in [3.05, 3.63) is 59.9 Å². The lowest BCUT2D eigenvalue weighted by Gasteiger charge is -2.33. The zero-order chi connectivity index (χ0) is 20.2. The van der Waals surface area contributed by atoms with Gasteiger partial charge in [-0.25, -0.2) is 4.39 Å². The summed E-state index contributed by atoms with van der Waals surface area (Å²) in [5, 5.41) is 3.09. The number of para-hydroxylation sites is 1. The number of amides is 2. The van der Waals surface area contributed by atoms with E-state index in [4.69, 9.17) is 0 Å². The number of hydrogen-bond acceptors (Lipinski definition) is 4. The Morgan fingerprint density at radius 2 is 1.83 bits per heavy atom. The predicted molar refractivity (Wildman–Crippen MR) is 112 cm³/mol. The minimum absolute atomic E-state index is 0.0297. The van der Waals surface area contributed by atoms with Crippen molar-refractivity contribution in [3.63, 3.8) is 0 Å². The number of anilines is 1. The Balaban J connectivity index is 1.27. The maximum Gasteiger partial charge on any atom is 0.240 e. The van der Waals surface area contributed by atoms with Crippen LogP contribution in [-0.2, 0) is 16.1 Å². The molecule has 2 aromatic rings. The fourth-order valence-corrected chi connectivity index (χ4v) is 4.76. The van der Waals surface area contributed by atoms with Crippen molar-refractivity contribution in [2.75, 3.05) is 30.3 Å². The highest BCUT2D eigenvalue weighted by Crippen LogP contribution is 2.34. The summed E-state index contributed by atoms with van der Waals surface area (Å²) in [6.45, 7) is 2.61. The molecule has 5 nitrogen and oxygen atoms in total. The van der Waals surface area contributed by atoms with E-state index in [9.17, 15) is 14.0 Å². The number of carbonyl (C=O) groups is 2. The zero-order valence-corrected chi connectivity index (χ0v) is 17.0. The molecular formula is C22H24FN3O2S. The molecule has 0 saturated carbocycles. The molecule has 0 bridgehead atoms. The van der Waals surface area contributed by atoms with Crippen molar-refractivity contribution in [3.8, 4) is 0 Å². The van der Waals surface area contributed by atoms with E-state index in [1.165, 1.54) is 23.9 Å². The Bertz CT molecular complexity index is 882. The van der Waals surface area contributed by atoms with Gasteiger partial charge in [-0.2, -0.15) is 0 Å². The van der Waals surface area contributed by atoms with E-state index >= 15 is 0 Å². The van der Waals surface area contributed by atoms with E-state index in [2.05, 4.69) is 10.2 Å². The van der Waals surface area contributed by atoms with Gasteiger partial charge in [-0.05, 0) is 42.7 Å². The first-order chi connectivity index (χ1) is 14.1. The highest BCUT2D eigenvalue weighted by molar-refractivity contribution is 8.00. The number of piperidine rings is 1. The maximum absolute atomic E-state index is 13.0. The number of carbonyl (C=O) groups excluding carboxylic acids is 2. The summed E-state index contributed by atoms with van der Waals surface area (Å²) < 4.78 is 13.0. The van der Waals surface area contributed by atoms with Gasteiger partial charge in [-0.15, -0.1) is 11.8 Å². The number of halogens is 1. The molecule has 0 atom stereocenters. The van der Waals surface area contributed by atoms with Crippen LogP contribution in [-0.4, -0.2) is 48.1 Å². The van der Waals surface area contributed by atoms with E-state index in [1.807, 2.05) is 36.4 Å². The molecule has 1 saturated heterocycles. The Labute approximate surface area is 174 Å². The quantitative estimate of drug-likeness (QED) is 0.819. The van der Waals surface area contributed by atoms with E-state index < -0.39 is 0 Å². The molecule has 29 heavy (non-hydrogen) atoms. The third kappa shape index (κ3) is 4.97. The number of rotatable bonds is 5. The molecule has 2 aromatic carbocycles. The second-order valence-corrected chi connectivity index (χ2v) is 8.50. The smallest absolute Gasteiger partial charge is 0.240 e. The summed E-state index contributed by atoms with van der Waals surface area (Å²) >= 11 is 1.52. The first kappa shape index (κ1) is 19.9. The van der Waals surface area contributed by atoms with Crippen LogP contribution in [0.2, 0.25) is 0 Å². The SMILES string of the molecule is O=C(CN1C(=O)CSc2ccccc21)NC1CCN(Cc2ccc(F)cc2)CC1. The number of likely N-dealkylation sites (tertiary alicyclic amines) is 1. The second-order valence-electron chi connectivity index (χ2n) is 7.48. The average Bonchev–Trinajstić information content (AvgIpc) is 2.73. The monoisotopic (exact) mass is 413 g/mol. The number of nitrogens with zero attached hydrogens (tertiary/aromatic N) is 2. The Morgan fingerprint density at radius 1 is 1.10 bits per heavy atom. The summed E-state index contributed by atoms with van der Waals surface area (Å²) in [5.74, 6) is 0.00470. The van der Waals surface area contributed by atoms with Crippen LogP contribution in [0.1, 0.15) is 18.4 Å². The van der Waals surface area contributed by atoms with Gasteiger partial charge in [0.2, 0.25) is 11.8 Å². The average molecular weight is 414 g/mol.